The number of hydrogen-bond donors (Lipinski definition) is 5. The SMILES string of the molecule is Cc1cc(-c2ccon2)ccc1NCCCCCCN1C[C@H](O)[C@@H](O)[C@H](O)[C@H]1CO. The summed E-state index contributed by atoms with van der Waals surface area (Å²) in [5.41, 5.74) is 4.14. The molecule has 166 valence electrons. The maximum atomic E-state index is 10.0. The van der Waals surface area contributed by atoms with Gasteiger partial charge >= 0.3 is 0 Å². The van der Waals surface area contributed by atoms with Gasteiger partial charge in [0.2, 0.25) is 0 Å². The highest BCUT2D eigenvalue weighted by atomic mass is 16.5. The van der Waals surface area contributed by atoms with Crippen molar-refractivity contribution >= 4 is 5.69 Å². The van der Waals surface area contributed by atoms with Gasteiger partial charge in [-0.1, -0.05) is 24.1 Å². The molecule has 0 aliphatic carbocycles. The predicted octanol–water partition coefficient (Wildman–Crippen LogP) is 1.38. The Morgan fingerprint density at radius 3 is 2.60 bits per heavy atom. The number of anilines is 1. The van der Waals surface area contributed by atoms with Crippen molar-refractivity contribution < 1.29 is 24.9 Å². The summed E-state index contributed by atoms with van der Waals surface area (Å²) in [4.78, 5) is 1.88. The van der Waals surface area contributed by atoms with E-state index in [1.807, 2.05) is 17.0 Å². The minimum Gasteiger partial charge on any atom is -0.395 e. The lowest BCUT2D eigenvalue weighted by Gasteiger charge is -2.43. The van der Waals surface area contributed by atoms with Crippen LogP contribution >= 0.6 is 0 Å². The van der Waals surface area contributed by atoms with Crippen molar-refractivity contribution in [2.75, 3.05) is 31.6 Å². The highest BCUT2D eigenvalue weighted by Crippen LogP contribution is 2.24. The molecule has 4 atom stereocenters. The fourth-order valence-electron chi connectivity index (χ4n) is 4.03. The Labute approximate surface area is 177 Å². The number of aliphatic hydroxyl groups excluding tert-OH is 4. The summed E-state index contributed by atoms with van der Waals surface area (Å²) >= 11 is 0. The van der Waals surface area contributed by atoms with E-state index in [1.54, 1.807) is 6.26 Å². The number of benzene rings is 1. The highest BCUT2D eigenvalue weighted by Gasteiger charge is 2.40. The first-order chi connectivity index (χ1) is 14.5. The minimum atomic E-state index is -1.20. The lowest BCUT2D eigenvalue weighted by Crippen LogP contribution is -2.62. The van der Waals surface area contributed by atoms with E-state index in [2.05, 4.69) is 29.5 Å². The molecule has 1 fully saturated rings. The van der Waals surface area contributed by atoms with Crippen LogP contribution in [0.2, 0.25) is 0 Å². The summed E-state index contributed by atoms with van der Waals surface area (Å²) in [5, 5.41) is 46.6. The van der Waals surface area contributed by atoms with Crippen LogP contribution < -0.4 is 5.32 Å². The van der Waals surface area contributed by atoms with Crippen LogP contribution in [-0.2, 0) is 0 Å². The second-order valence-corrected chi connectivity index (χ2v) is 8.05. The predicted molar refractivity (Wildman–Crippen MR) is 114 cm³/mol. The molecule has 2 heterocycles. The third kappa shape index (κ3) is 5.59. The first-order valence-corrected chi connectivity index (χ1v) is 10.7. The topological polar surface area (TPSA) is 122 Å². The Kier molecular flexibility index (Phi) is 8.24. The van der Waals surface area contributed by atoms with Gasteiger partial charge in [-0.15, -0.1) is 0 Å². The average molecular weight is 420 g/mol. The van der Waals surface area contributed by atoms with E-state index < -0.39 is 24.4 Å². The Balaban J connectivity index is 1.34. The number of rotatable bonds is 10. The lowest BCUT2D eigenvalue weighted by atomic mass is 9.94. The van der Waals surface area contributed by atoms with Crippen molar-refractivity contribution in [2.24, 2.45) is 0 Å². The lowest BCUT2D eigenvalue weighted by molar-refractivity contribution is -0.145. The molecule has 0 amide bonds. The normalized spacial score (nSPS) is 24.8. The molecule has 0 spiro atoms. The van der Waals surface area contributed by atoms with Crippen molar-refractivity contribution in [3.8, 4) is 11.3 Å². The van der Waals surface area contributed by atoms with Crippen molar-refractivity contribution in [1.82, 2.24) is 10.1 Å². The number of hydrogen-bond acceptors (Lipinski definition) is 8. The van der Waals surface area contributed by atoms with Crippen molar-refractivity contribution in [3.63, 3.8) is 0 Å². The minimum absolute atomic E-state index is 0.232. The molecule has 0 bridgehead atoms. The molecular formula is C22H33N3O5. The van der Waals surface area contributed by atoms with Gasteiger partial charge in [0.25, 0.3) is 0 Å². The van der Waals surface area contributed by atoms with E-state index in [4.69, 9.17) is 4.52 Å². The van der Waals surface area contributed by atoms with Crippen LogP contribution in [0, 0.1) is 6.92 Å². The molecule has 0 unspecified atom stereocenters. The number of β-amino-alcohol motifs (C(OH)–C–C–N with tert-alkyl or cyclic N) is 1. The zero-order valence-corrected chi connectivity index (χ0v) is 17.4. The zero-order chi connectivity index (χ0) is 21.5. The molecule has 30 heavy (non-hydrogen) atoms. The van der Waals surface area contributed by atoms with Gasteiger partial charge in [-0.2, -0.15) is 0 Å². The highest BCUT2D eigenvalue weighted by molar-refractivity contribution is 5.65. The number of aromatic nitrogens is 1. The van der Waals surface area contributed by atoms with Crippen LogP contribution in [0.5, 0.6) is 0 Å². The third-order valence-electron chi connectivity index (χ3n) is 5.86. The Hall–Kier alpha value is -1.97. The summed E-state index contributed by atoms with van der Waals surface area (Å²) in [6, 6.07) is 7.51. The van der Waals surface area contributed by atoms with Crippen molar-refractivity contribution in [1.29, 1.82) is 0 Å². The fourth-order valence-corrected chi connectivity index (χ4v) is 4.03. The smallest absolute Gasteiger partial charge is 0.124 e. The van der Waals surface area contributed by atoms with Gasteiger partial charge < -0.3 is 30.3 Å². The number of likely N-dealkylation sites (tertiary alicyclic amines) is 1. The van der Waals surface area contributed by atoms with Crippen molar-refractivity contribution in [3.05, 3.63) is 36.1 Å². The average Bonchev–Trinajstić information content (AvgIpc) is 3.27. The summed E-state index contributed by atoms with van der Waals surface area (Å²) < 4.78 is 4.90. The van der Waals surface area contributed by atoms with Gasteiger partial charge in [0, 0.05) is 30.4 Å². The summed E-state index contributed by atoms with van der Waals surface area (Å²) in [6.45, 7) is 3.68. The van der Waals surface area contributed by atoms with Crippen molar-refractivity contribution in [2.45, 2.75) is 57.0 Å². The second kappa shape index (κ2) is 10.9. The first kappa shape index (κ1) is 22.7. The molecule has 1 saturated heterocycles. The van der Waals surface area contributed by atoms with E-state index in [9.17, 15) is 20.4 Å². The summed E-state index contributed by atoms with van der Waals surface area (Å²) in [6.07, 6.45) is 2.31. The standard InChI is InChI=1S/C22H33N3O5/c1-15-12-16(18-8-11-30-24-18)6-7-17(15)23-9-4-2-3-5-10-25-13-20(27)22(29)21(28)19(25)14-26/h6-8,11-12,19-23,26-29H,2-5,9-10,13-14H2,1H3/t19-,20+,21-,22-/m1/s1. The largest absolute Gasteiger partial charge is 0.395 e. The van der Waals surface area contributed by atoms with Crippen LogP contribution in [0.25, 0.3) is 11.3 Å². The maximum Gasteiger partial charge on any atom is 0.124 e. The number of aryl methyl sites for hydroxylation is 1. The molecule has 1 aromatic heterocycles. The Morgan fingerprint density at radius 2 is 1.90 bits per heavy atom. The van der Waals surface area contributed by atoms with Crippen LogP contribution in [0.3, 0.4) is 0 Å². The quantitative estimate of drug-likeness (QED) is 0.366. The summed E-state index contributed by atoms with van der Waals surface area (Å²) in [7, 11) is 0. The molecule has 8 heteroatoms. The second-order valence-electron chi connectivity index (χ2n) is 8.05. The Bertz CT molecular complexity index is 770. The van der Waals surface area contributed by atoms with Crippen LogP contribution in [-0.4, -0.2) is 81.1 Å². The maximum absolute atomic E-state index is 10.0. The molecule has 8 nitrogen and oxygen atoms in total. The van der Waals surface area contributed by atoms with Crippen LogP contribution in [0.4, 0.5) is 5.69 Å². The van der Waals surface area contributed by atoms with E-state index in [1.165, 1.54) is 0 Å². The van der Waals surface area contributed by atoms with Gasteiger partial charge in [-0.05, 0) is 44.0 Å². The molecule has 0 saturated carbocycles. The molecular weight excluding hydrogens is 386 g/mol. The molecule has 0 radical (unpaired) electrons. The fraction of sp³-hybridized carbons (Fsp3) is 0.591. The van der Waals surface area contributed by atoms with Crippen LogP contribution in [0.15, 0.2) is 35.1 Å². The van der Waals surface area contributed by atoms with Gasteiger partial charge in [0.15, 0.2) is 0 Å². The number of nitrogens with zero attached hydrogens (tertiary/aromatic N) is 2. The van der Waals surface area contributed by atoms with E-state index >= 15 is 0 Å². The summed E-state index contributed by atoms with van der Waals surface area (Å²) in [5.74, 6) is 0. The monoisotopic (exact) mass is 419 g/mol. The number of unbranched alkanes of at least 4 members (excludes halogenated alkanes) is 3. The number of piperidine rings is 1. The Morgan fingerprint density at radius 1 is 1.10 bits per heavy atom. The molecule has 5 N–H and O–H groups in total. The van der Waals surface area contributed by atoms with E-state index in [0.717, 1.165) is 54.7 Å². The van der Waals surface area contributed by atoms with E-state index in [-0.39, 0.29) is 13.2 Å². The number of nitrogens with one attached hydrogen (secondary N) is 1. The van der Waals surface area contributed by atoms with Crippen LogP contribution in [0.1, 0.15) is 31.2 Å². The molecule has 2 aromatic rings. The molecule has 1 aliphatic heterocycles. The molecule has 1 aromatic carbocycles. The van der Waals surface area contributed by atoms with Gasteiger partial charge in [-0.25, -0.2) is 0 Å². The number of aliphatic hydroxyl groups is 4. The first-order valence-electron chi connectivity index (χ1n) is 10.7. The zero-order valence-electron chi connectivity index (χ0n) is 17.4. The van der Waals surface area contributed by atoms with E-state index in [0.29, 0.717) is 6.54 Å². The van der Waals surface area contributed by atoms with Gasteiger partial charge in [0.05, 0.1) is 18.8 Å². The van der Waals surface area contributed by atoms with Gasteiger partial charge in [-0.3, -0.25) is 4.90 Å². The molecule has 1 aliphatic rings. The van der Waals surface area contributed by atoms with Gasteiger partial charge in [0.1, 0.15) is 24.2 Å². The third-order valence-corrected chi connectivity index (χ3v) is 5.86. The molecule has 3 rings (SSSR count).